The van der Waals surface area contributed by atoms with Gasteiger partial charge in [-0.2, -0.15) is 12.6 Å². The zero-order valence-electron chi connectivity index (χ0n) is 15.1. The maximum Gasteiger partial charge on any atom is 0.325 e. The number of carbonyl (C=O) groups is 4. The summed E-state index contributed by atoms with van der Waals surface area (Å²) in [6, 6.07) is -4.40. The van der Waals surface area contributed by atoms with Crippen LogP contribution in [0.25, 0.3) is 0 Å². The molecule has 0 aromatic rings. The van der Waals surface area contributed by atoms with Crippen molar-refractivity contribution < 1.29 is 29.4 Å². The summed E-state index contributed by atoms with van der Waals surface area (Å²) in [5.74, 6) is -3.26. The Morgan fingerprint density at radius 2 is 1.46 bits per heavy atom. The summed E-state index contributed by atoms with van der Waals surface area (Å²) in [6.45, 7) is 4.25. The second-order valence-corrected chi connectivity index (χ2v) is 6.66. The van der Waals surface area contributed by atoms with E-state index in [2.05, 4.69) is 28.6 Å². The van der Waals surface area contributed by atoms with Gasteiger partial charge in [-0.3, -0.25) is 19.2 Å². The van der Waals surface area contributed by atoms with Gasteiger partial charge in [0.1, 0.15) is 18.1 Å². The van der Waals surface area contributed by atoms with Crippen LogP contribution in [-0.2, 0) is 19.2 Å². The average molecular weight is 392 g/mol. The fourth-order valence-electron chi connectivity index (χ4n) is 1.91. The zero-order valence-corrected chi connectivity index (χ0v) is 16.0. The number of hydrogen-bond acceptors (Lipinski definition) is 7. The molecule has 0 aliphatic rings. The number of carboxylic acids is 1. The quantitative estimate of drug-likeness (QED) is 0.196. The van der Waals surface area contributed by atoms with Crippen LogP contribution in [0.3, 0.4) is 0 Å². The molecular weight excluding hydrogens is 364 g/mol. The molecule has 0 saturated carbocycles. The molecular formula is C15H28N4O6S. The van der Waals surface area contributed by atoms with Crippen LogP contribution in [0.5, 0.6) is 0 Å². The fourth-order valence-corrected chi connectivity index (χ4v) is 2.07. The number of thiol groups is 1. The van der Waals surface area contributed by atoms with Gasteiger partial charge in [-0.15, -0.1) is 0 Å². The van der Waals surface area contributed by atoms with Crippen molar-refractivity contribution in [2.45, 2.75) is 51.4 Å². The largest absolute Gasteiger partial charge is 0.480 e. The molecule has 10 nitrogen and oxygen atoms in total. The first-order valence-electron chi connectivity index (χ1n) is 8.14. The van der Waals surface area contributed by atoms with Crippen molar-refractivity contribution in [3.05, 3.63) is 0 Å². The molecule has 26 heavy (non-hydrogen) atoms. The lowest BCUT2D eigenvalue weighted by atomic mass is 10.0. The lowest BCUT2D eigenvalue weighted by Gasteiger charge is -2.24. The summed E-state index contributed by atoms with van der Waals surface area (Å²) in [4.78, 5) is 47.2. The molecule has 0 fully saturated rings. The molecule has 11 heteroatoms. The molecule has 0 aromatic carbocycles. The van der Waals surface area contributed by atoms with E-state index < -0.39 is 54.5 Å². The van der Waals surface area contributed by atoms with E-state index in [0.29, 0.717) is 0 Å². The zero-order chi connectivity index (χ0) is 20.4. The Balaban J connectivity index is 5.06. The number of nitrogens with one attached hydrogen (secondary N) is 3. The van der Waals surface area contributed by atoms with Crippen molar-refractivity contribution in [1.82, 2.24) is 16.0 Å². The first-order valence-corrected chi connectivity index (χ1v) is 8.77. The highest BCUT2D eigenvalue weighted by atomic mass is 32.1. The van der Waals surface area contributed by atoms with E-state index in [4.69, 9.17) is 10.8 Å². The van der Waals surface area contributed by atoms with Gasteiger partial charge in [-0.25, -0.2) is 0 Å². The summed E-state index contributed by atoms with van der Waals surface area (Å²) >= 11 is 3.88. The Morgan fingerprint density at radius 3 is 1.88 bits per heavy atom. The van der Waals surface area contributed by atoms with Crippen molar-refractivity contribution in [2.75, 3.05) is 12.4 Å². The number of aliphatic hydroxyl groups is 1. The Hall–Kier alpha value is -1.85. The molecule has 0 heterocycles. The third-order valence-corrected chi connectivity index (χ3v) is 3.81. The molecule has 0 saturated heterocycles. The number of amides is 3. The third-order valence-electron chi connectivity index (χ3n) is 3.42. The first-order chi connectivity index (χ1) is 12.0. The van der Waals surface area contributed by atoms with Crippen LogP contribution in [0.15, 0.2) is 0 Å². The normalized spacial score (nSPS) is 15.5. The van der Waals surface area contributed by atoms with Gasteiger partial charge in [0, 0.05) is 5.75 Å². The Labute approximate surface area is 157 Å². The molecule has 0 spiro atoms. The summed E-state index contributed by atoms with van der Waals surface area (Å²) in [5, 5.41) is 25.2. The van der Waals surface area contributed by atoms with Crippen molar-refractivity contribution in [2.24, 2.45) is 11.7 Å². The van der Waals surface area contributed by atoms with E-state index in [1.807, 2.05) is 13.8 Å². The van der Waals surface area contributed by atoms with Gasteiger partial charge in [-0.05, 0) is 19.3 Å². The van der Waals surface area contributed by atoms with Crippen molar-refractivity contribution >= 4 is 36.3 Å². The number of aliphatic carboxylic acids is 1. The van der Waals surface area contributed by atoms with Crippen LogP contribution in [0, 0.1) is 5.92 Å². The standard InChI is InChI=1S/C15H28N4O6S/c1-7(2)4-10(13(22)17-8(3)15(24)25)18-14(23)11(5-20)19-12(21)9(16)6-26/h7-11,20,26H,4-6,16H2,1-3H3,(H,17,22)(H,18,23)(H,19,21)(H,24,25). The molecule has 0 radical (unpaired) electrons. The molecule has 4 unspecified atom stereocenters. The van der Waals surface area contributed by atoms with Gasteiger partial charge < -0.3 is 31.9 Å². The Morgan fingerprint density at radius 1 is 0.962 bits per heavy atom. The summed E-state index contributed by atoms with van der Waals surface area (Å²) in [5.41, 5.74) is 5.50. The van der Waals surface area contributed by atoms with E-state index in [9.17, 15) is 24.3 Å². The molecule has 0 rings (SSSR count). The van der Waals surface area contributed by atoms with Gasteiger partial charge in [0.15, 0.2) is 0 Å². The highest BCUT2D eigenvalue weighted by Gasteiger charge is 2.29. The number of aliphatic hydroxyl groups excluding tert-OH is 1. The number of nitrogens with two attached hydrogens (primary N) is 1. The van der Waals surface area contributed by atoms with Gasteiger partial charge in [-0.1, -0.05) is 13.8 Å². The average Bonchev–Trinajstić information content (AvgIpc) is 2.56. The molecule has 7 N–H and O–H groups in total. The van der Waals surface area contributed by atoms with Gasteiger partial charge in [0.05, 0.1) is 12.6 Å². The number of hydrogen-bond donors (Lipinski definition) is 7. The molecule has 0 bridgehead atoms. The summed E-state index contributed by atoms with van der Waals surface area (Å²) < 4.78 is 0. The molecule has 150 valence electrons. The lowest BCUT2D eigenvalue weighted by Crippen LogP contribution is -2.58. The van der Waals surface area contributed by atoms with E-state index >= 15 is 0 Å². The Kier molecular flexibility index (Phi) is 10.9. The molecule has 4 atom stereocenters. The van der Waals surface area contributed by atoms with Crippen LogP contribution in [0.2, 0.25) is 0 Å². The minimum atomic E-state index is -1.30. The Bertz CT molecular complexity index is 516. The van der Waals surface area contributed by atoms with Crippen LogP contribution >= 0.6 is 12.6 Å². The predicted molar refractivity (Wildman–Crippen MR) is 97.5 cm³/mol. The third kappa shape index (κ3) is 8.50. The highest BCUT2D eigenvalue weighted by molar-refractivity contribution is 7.80. The molecule has 0 aliphatic carbocycles. The smallest absolute Gasteiger partial charge is 0.325 e. The molecule has 0 aliphatic heterocycles. The molecule has 0 aromatic heterocycles. The van der Waals surface area contributed by atoms with Crippen LogP contribution in [0.1, 0.15) is 27.2 Å². The van der Waals surface area contributed by atoms with Crippen LogP contribution < -0.4 is 21.7 Å². The van der Waals surface area contributed by atoms with E-state index in [1.165, 1.54) is 6.92 Å². The van der Waals surface area contributed by atoms with Crippen LogP contribution in [0.4, 0.5) is 0 Å². The van der Waals surface area contributed by atoms with Gasteiger partial charge in [0.2, 0.25) is 17.7 Å². The van der Waals surface area contributed by atoms with Crippen molar-refractivity contribution in [3.63, 3.8) is 0 Å². The minimum Gasteiger partial charge on any atom is -0.480 e. The first kappa shape index (κ1) is 24.1. The van der Waals surface area contributed by atoms with E-state index in [-0.39, 0.29) is 18.1 Å². The number of carbonyl (C=O) groups excluding carboxylic acids is 3. The maximum absolute atomic E-state index is 12.3. The second-order valence-electron chi connectivity index (χ2n) is 6.29. The second kappa shape index (κ2) is 11.7. The predicted octanol–water partition coefficient (Wildman–Crippen LogP) is -2.16. The minimum absolute atomic E-state index is 0.0194. The molecule has 3 amide bonds. The monoisotopic (exact) mass is 392 g/mol. The topological polar surface area (TPSA) is 171 Å². The number of rotatable bonds is 11. The van der Waals surface area contributed by atoms with Crippen LogP contribution in [-0.4, -0.2) is 70.4 Å². The lowest BCUT2D eigenvalue weighted by molar-refractivity contribution is -0.142. The summed E-state index contributed by atoms with van der Waals surface area (Å²) in [6.07, 6.45) is 0.242. The van der Waals surface area contributed by atoms with Crippen molar-refractivity contribution in [1.29, 1.82) is 0 Å². The van der Waals surface area contributed by atoms with E-state index in [1.54, 1.807) is 0 Å². The van der Waals surface area contributed by atoms with Gasteiger partial charge in [0.25, 0.3) is 0 Å². The van der Waals surface area contributed by atoms with E-state index in [0.717, 1.165) is 0 Å². The summed E-state index contributed by atoms with van der Waals surface area (Å²) in [7, 11) is 0. The SMILES string of the molecule is CC(C)CC(NC(=O)C(CO)NC(=O)C(N)CS)C(=O)NC(C)C(=O)O. The van der Waals surface area contributed by atoms with Crippen molar-refractivity contribution in [3.8, 4) is 0 Å². The highest BCUT2D eigenvalue weighted by Crippen LogP contribution is 2.06. The van der Waals surface area contributed by atoms with Gasteiger partial charge >= 0.3 is 5.97 Å². The number of carboxylic acid groups (broad SMARTS) is 1. The fraction of sp³-hybridized carbons (Fsp3) is 0.733. The maximum atomic E-state index is 12.3.